The predicted octanol–water partition coefficient (Wildman–Crippen LogP) is 2.06. The first-order valence-electron chi connectivity index (χ1n) is 10.8. The van der Waals surface area contributed by atoms with Crippen LogP contribution in [-0.4, -0.2) is 57.6 Å². The van der Waals surface area contributed by atoms with Gasteiger partial charge in [-0.3, -0.25) is 4.99 Å². The van der Waals surface area contributed by atoms with E-state index < -0.39 is 0 Å². The Morgan fingerprint density at radius 3 is 2.94 bits per heavy atom. The molecule has 0 aromatic carbocycles. The van der Waals surface area contributed by atoms with Crippen molar-refractivity contribution < 1.29 is 4.74 Å². The van der Waals surface area contributed by atoms with Crippen LogP contribution in [-0.2, 0) is 11.3 Å². The average molecular weight is 419 g/mol. The molecule has 3 aliphatic heterocycles. The molecule has 1 spiro atoms. The Labute approximate surface area is 180 Å². The van der Waals surface area contributed by atoms with Crippen LogP contribution in [0, 0.1) is 5.41 Å². The Morgan fingerprint density at radius 2 is 2.13 bits per heavy atom. The lowest BCUT2D eigenvalue weighted by Gasteiger charge is -2.41. The smallest absolute Gasteiger partial charge is 0.154 e. The van der Waals surface area contributed by atoms with Crippen LogP contribution >= 0.6 is 0 Å². The number of H-pyrrole nitrogens is 1. The van der Waals surface area contributed by atoms with Crippen LogP contribution in [0.3, 0.4) is 0 Å². The van der Waals surface area contributed by atoms with Crippen LogP contribution in [0.1, 0.15) is 31.2 Å². The number of pyridine rings is 1. The molecule has 6 heterocycles. The fraction of sp³-hybridized carbons (Fsp3) is 0.455. The van der Waals surface area contributed by atoms with Gasteiger partial charge < -0.3 is 25.7 Å². The number of aromatic nitrogens is 4. The highest BCUT2D eigenvalue weighted by atomic mass is 16.5. The number of nitrogens with one attached hydrogen (secondary N) is 2. The van der Waals surface area contributed by atoms with Crippen molar-refractivity contribution in [3.63, 3.8) is 0 Å². The van der Waals surface area contributed by atoms with E-state index in [0.29, 0.717) is 6.54 Å². The molecule has 3 aliphatic rings. The van der Waals surface area contributed by atoms with E-state index in [9.17, 15) is 0 Å². The fourth-order valence-corrected chi connectivity index (χ4v) is 5.06. The average Bonchev–Trinajstić information content (AvgIpc) is 3.50. The summed E-state index contributed by atoms with van der Waals surface area (Å²) in [5, 5.41) is 4.44. The first-order chi connectivity index (χ1) is 15.1. The van der Waals surface area contributed by atoms with Gasteiger partial charge >= 0.3 is 0 Å². The van der Waals surface area contributed by atoms with Gasteiger partial charge in [-0.2, -0.15) is 0 Å². The van der Waals surface area contributed by atoms with Crippen LogP contribution in [0.2, 0.25) is 0 Å². The molecule has 0 saturated carbocycles. The van der Waals surface area contributed by atoms with Gasteiger partial charge in [0, 0.05) is 42.3 Å². The molecule has 0 amide bonds. The number of piperidine rings is 1. The van der Waals surface area contributed by atoms with Crippen molar-refractivity contribution in [1.82, 2.24) is 19.9 Å². The van der Waals surface area contributed by atoms with Crippen LogP contribution in [0.15, 0.2) is 35.7 Å². The van der Waals surface area contributed by atoms with Crippen molar-refractivity contribution in [1.29, 1.82) is 0 Å². The highest BCUT2D eigenvalue weighted by Gasteiger charge is 2.47. The number of anilines is 2. The first kappa shape index (κ1) is 18.7. The van der Waals surface area contributed by atoms with Gasteiger partial charge in [0.1, 0.15) is 17.2 Å². The number of amidine groups is 1. The van der Waals surface area contributed by atoms with Gasteiger partial charge in [-0.05, 0) is 31.9 Å². The summed E-state index contributed by atoms with van der Waals surface area (Å²) in [6, 6.07) is 4.06. The van der Waals surface area contributed by atoms with Crippen molar-refractivity contribution >= 4 is 28.4 Å². The van der Waals surface area contributed by atoms with Crippen molar-refractivity contribution in [2.45, 2.75) is 38.5 Å². The third kappa shape index (κ3) is 2.99. The first-order valence-corrected chi connectivity index (χ1v) is 10.8. The Morgan fingerprint density at radius 1 is 1.26 bits per heavy atom. The molecule has 0 bridgehead atoms. The molecule has 4 N–H and O–H groups in total. The third-order valence-electron chi connectivity index (χ3n) is 7.09. The minimum Gasteiger partial charge on any atom is -0.376 e. The predicted molar refractivity (Wildman–Crippen MR) is 119 cm³/mol. The largest absolute Gasteiger partial charge is 0.376 e. The second-order valence-corrected chi connectivity index (χ2v) is 8.80. The minimum absolute atomic E-state index is 0.106. The molecule has 160 valence electrons. The maximum absolute atomic E-state index is 6.45. The number of nitrogens with zero attached hydrogens (tertiary/aromatic N) is 5. The monoisotopic (exact) mass is 418 g/mol. The molecule has 31 heavy (non-hydrogen) atoms. The van der Waals surface area contributed by atoms with E-state index in [2.05, 4.69) is 32.1 Å². The van der Waals surface area contributed by atoms with Gasteiger partial charge in [0.2, 0.25) is 0 Å². The maximum atomic E-state index is 6.45. The Balaban J connectivity index is 1.18. The molecule has 2 atom stereocenters. The highest BCUT2D eigenvalue weighted by Crippen LogP contribution is 2.41. The van der Waals surface area contributed by atoms with Gasteiger partial charge in [-0.25, -0.2) is 15.0 Å². The van der Waals surface area contributed by atoms with Crippen LogP contribution in [0.5, 0.6) is 0 Å². The number of ether oxygens (including phenoxy) is 1. The Hall–Kier alpha value is -3.04. The molecular formula is C22H26N8O. The maximum Gasteiger partial charge on any atom is 0.154 e. The molecule has 3 aromatic rings. The van der Waals surface area contributed by atoms with E-state index in [1.54, 1.807) is 6.20 Å². The quantitative estimate of drug-likeness (QED) is 0.583. The summed E-state index contributed by atoms with van der Waals surface area (Å²) in [5.41, 5.74) is 10.1. The normalized spacial score (nSPS) is 24.6. The van der Waals surface area contributed by atoms with Crippen molar-refractivity contribution in [2.75, 3.05) is 29.9 Å². The topological polar surface area (TPSA) is 117 Å². The van der Waals surface area contributed by atoms with Gasteiger partial charge in [-0.1, -0.05) is 0 Å². The minimum atomic E-state index is 0.106. The summed E-state index contributed by atoms with van der Waals surface area (Å²) >= 11 is 0. The standard InChI is InChI=1S/C22H26N8O/c1-13-19(23)22(12-31-13)4-8-30(9-5-22)17-11-26-18-16(28-17)10-27-21(18)29-15-3-7-25-20-14(15)2-6-24-20/h2-3,6-7,11,13,19H,4-5,8-10,12,23H2,1H3,(H2,24,25,27,29)/t13-,19+/m0/s1. The second-order valence-electron chi connectivity index (χ2n) is 8.80. The molecule has 9 nitrogen and oxygen atoms in total. The summed E-state index contributed by atoms with van der Waals surface area (Å²) in [4.78, 5) is 24.1. The fourth-order valence-electron chi connectivity index (χ4n) is 5.06. The van der Waals surface area contributed by atoms with Gasteiger partial charge in [-0.15, -0.1) is 0 Å². The molecule has 3 aromatic heterocycles. The lowest BCUT2D eigenvalue weighted by Crippen LogP contribution is -2.50. The highest BCUT2D eigenvalue weighted by molar-refractivity contribution is 6.12. The van der Waals surface area contributed by atoms with E-state index in [0.717, 1.165) is 72.3 Å². The van der Waals surface area contributed by atoms with Gasteiger partial charge in [0.05, 0.1) is 36.8 Å². The van der Waals surface area contributed by atoms with Crippen molar-refractivity contribution in [3.05, 3.63) is 42.1 Å². The number of hydrogen-bond acceptors (Lipinski definition) is 8. The van der Waals surface area contributed by atoms with Crippen molar-refractivity contribution in [2.24, 2.45) is 16.1 Å². The molecule has 0 aliphatic carbocycles. The van der Waals surface area contributed by atoms with Crippen LogP contribution < -0.4 is 16.0 Å². The number of aromatic amines is 1. The number of rotatable bonds is 2. The second kappa shape index (κ2) is 7.00. The van der Waals surface area contributed by atoms with E-state index in [-0.39, 0.29) is 17.6 Å². The van der Waals surface area contributed by atoms with Crippen LogP contribution in [0.4, 0.5) is 11.5 Å². The molecule has 2 fully saturated rings. The lowest BCUT2D eigenvalue weighted by atomic mass is 9.73. The van der Waals surface area contributed by atoms with Gasteiger partial charge in [0.25, 0.3) is 0 Å². The zero-order chi connectivity index (χ0) is 21.0. The van der Waals surface area contributed by atoms with E-state index in [1.807, 2.05) is 24.5 Å². The van der Waals surface area contributed by atoms with Gasteiger partial charge in [0.15, 0.2) is 5.84 Å². The molecule has 0 unspecified atom stereocenters. The zero-order valence-corrected chi connectivity index (χ0v) is 17.5. The zero-order valence-electron chi connectivity index (χ0n) is 17.5. The molecule has 9 heteroatoms. The Bertz CT molecular complexity index is 1160. The summed E-state index contributed by atoms with van der Waals surface area (Å²) in [6.45, 7) is 5.23. The van der Waals surface area contributed by atoms with E-state index in [4.69, 9.17) is 20.4 Å². The number of hydrogen-bond donors (Lipinski definition) is 3. The molecule has 2 saturated heterocycles. The summed E-state index contributed by atoms with van der Waals surface area (Å²) in [6.07, 6.45) is 7.71. The number of fused-ring (bicyclic) bond motifs is 2. The summed E-state index contributed by atoms with van der Waals surface area (Å²) in [7, 11) is 0. The van der Waals surface area contributed by atoms with Crippen molar-refractivity contribution in [3.8, 4) is 0 Å². The third-order valence-corrected chi connectivity index (χ3v) is 7.09. The van der Waals surface area contributed by atoms with E-state index in [1.165, 1.54) is 0 Å². The number of nitrogens with two attached hydrogens (primary N) is 1. The number of aliphatic imine (C=N–C) groups is 1. The Kier molecular flexibility index (Phi) is 4.22. The summed E-state index contributed by atoms with van der Waals surface area (Å²) in [5.74, 6) is 1.67. The summed E-state index contributed by atoms with van der Waals surface area (Å²) < 4.78 is 5.84. The SMILES string of the molecule is C[C@@H]1OCC2(CCN(c3cnc4c(n3)CN=C4Nc3ccnc4[nH]ccc34)CC2)[C@@H]1N. The lowest BCUT2D eigenvalue weighted by molar-refractivity contribution is 0.0974. The molecule has 0 radical (unpaired) electrons. The molecular weight excluding hydrogens is 392 g/mol. The molecule has 6 rings (SSSR count). The van der Waals surface area contributed by atoms with E-state index >= 15 is 0 Å². The van der Waals surface area contributed by atoms with Crippen LogP contribution in [0.25, 0.3) is 11.0 Å².